The van der Waals surface area contributed by atoms with Gasteiger partial charge in [0.1, 0.15) is 5.82 Å². The number of carbonyl (C=O) groups excluding carboxylic acids is 1. The zero-order valence-corrected chi connectivity index (χ0v) is 12.2. The summed E-state index contributed by atoms with van der Waals surface area (Å²) in [4.78, 5) is 22.7. The number of amides is 1. The molecule has 2 aromatic heterocycles. The molecule has 1 amide bonds. The first-order chi connectivity index (χ1) is 9.78. The Balaban J connectivity index is 1.70. The molecule has 0 radical (unpaired) electrons. The van der Waals surface area contributed by atoms with Crippen molar-refractivity contribution in [1.29, 1.82) is 0 Å². The molecule has 20 heavy (non-hydrogen) atoms. The molecule has 106 valence electrons. The summed E-state index contributed by atoms with van der Waals surface area (Å²) in [6.45, 7) is 1.96. The molecule has 0 bridgehead atoms. The molecule has 0 unspecified atom stereocenters. The van der Waals surface area contributed by atoms with Gasteiger partial charge in [0.05, 0.1) is 23.4 Å². The number of hydrogen-bond donors (Lipinski definition) is 1. The number of aromatic amines is 1. The van der Waals surface area contributed by atoms with Crippen molar-refractivity contribution < 1.29 is 9.53 Å². The number of nitrogens with zero attached hydrogens (tertiary/aromatic N) is 2. The second-order valence-corrected chi connectivity index (χ2v) is 5.84. The Labute approximate surface area is 121 Å². The van der Waals surface area contributed by atoms with E-state index in [9.17, 15) is 4.79 Å². The number of nitrogens with one attached hydrogen (secondary N) is 1. The Morgan fingerprint density at radius 1 is 1.60 bits per heavy atom. The molecule has 6 heteroatoms. The van der Waals surface area contributed by atoms with Gasteiger partial charge in [-0.1, -0.05) is 6.07 Å². The Bertz CT molecular complexity index is 579. The normalized spacial score (nSPS) is 18.9. The Hall–Kier alpha value is -1.66. The third-order valence-corrected chi connectivity index (χ3v) is 4.45. The highest BCUT2D eigenvalue weighted by Gasteiger charge is 2.32. The van der Waals surface area contributed by atoms with Crippen LogP contribution in [0.25, 0.3) is 10.6 Å². The SMILES string of the molecule is COCCN1C[C@@H](c2ncc(-c3cccs3)[nH]2)CC1=O. The number of likely N-dealkylation sites (tertiary alicyclic amines) is 1. The van der Waals surface area contributed by atoms with Crippen molar-refractivity contribution in [2.24, 2.45) is 0 Å². The fraction of sp³-hybridized carbons (Fsp3) is 0.429. The minimum atomic E-state index is 0.160. The van der Waals surface area contributed by atoms with Crippen molar-refractivity contribution in [2.75, 3.05) is 26.8 Å². The van der Waals surface area contributed by atoms with E-state index in [2.05, 4.69) is 16.0 Å². The Morgan fingerprint density at radius 3 is 3.25 bits per heavy atom. The van der Waals surface area contributed by atoms with E-state index in [0.717, 1.165) is 18.1 Å². The van der Waals surface area contributed by atoms with Crippen LogP contribution >= 0.6 is 11.3 Å². The lowest BCUT2D eigenvalue weighted by Gasteiger charge is -2.15. The van der Waals surface area contributed by atoms with Gasteiger partial charge in [-0.2, -0.15) is 0 Å². The van der Waals surface area contributed by atoms with Crippen LogP contribution in [0, 0.1) is 0 Å². The van der Waals surface area contributed by atoms with Gasteiger partial charge in [0.2, 0.25) is 5.91 Å². The van der Waals surface area contributed by atoms with Crippen LogP contribution in [-0.2, 0) is 9.53 Å². The number of rotatable bonds is 5. The third kappa shape index (κ3) is 2.62. The standard InChI is InChI=1S/C14H17N3O2S/c1-19-5-4-17-9-10(7-13(17)18)14-15-8-11(16-14)12-3-2-6-20-12/h2-3,6,8,10H,4-5,7,9H2,1H3,(H,15,16)/t10-/m0/s1. The minimum absolute atomic E-state index is 0.160. The molecule has 1 aliphatic rings. The van der Waals surface area contributed by atoms with Crippen molar-refractivity contribution in [1.82, 2.24) is 14.9 Å². The minimum Gasteiger partial charge on any atom is -0.383 e. The second-order valence-electron chi connectivity index (χ2n) is 4.89. The Kier molecular flexibility index (Phi) is 3.84. The molecule has 0 aliphatic carbocycles. The van der Waals surface area contributed by atoms with Gasteiger partial charge >= 0.3 is 0 Å². The highest BCUT2D eigenvalue weighted by molar-refractivity contribution is 7.13. The van der Waals surface area contributed by atoms with Crippen molar-refractivity contribution >= 4 is 17.2 Å². The molecule has 1 N–H and O–H groups in total. The van der Waals surface area contributed by atoms with Crippen molar-refractivity contribution in [3.8, 4) is 10.6 Å². The first-order valence-corrected chi connectivity index (χ1v) is 7.51. The predicted molar refractivity (Wildman–Crippen MR) is 77.7 cm³/mol. The number of methoxy groups -OCH3 is 1. The van der Waals surface area contributed by atoms with Gasteiger partial charge in [-0.05, 0) is 11.4 Å². The fourth-order valence-corrected chi connectivity index (χ4v) is 3.17. The maximum absolute atomic E-state index is 11.9. The summed E-state index contributed by atoms with van der Waals surface area (Å²) in [7, 11) is 1.65. The van der Waals surface area contributed by atoms with E-state index in [0.29, 0.717) is 19.6 Å². The summed E-state index contributed by atoms with van der Waals surface area (Å²) in [5.74, 6) is 1.25. The highest BCUT2D eigenvalue weighted by atomic mass is 32.1. The summed E-state index contributed by atoms with van der Waals surface area (Å²) in [6, 6.07) is 4.08. The summed E-state index contributed by atoms with van der Waals surface area (Å²) in [5, 5.41) is 2.04. The molecule has 0 spiro atoms. The molecule has 0 saturated carbocycles. The highest BCUT2D eigenvalue weighted by Crippen LogP contribution is 2.29. The average molecular weight is 291 g/mol. The van der Waals surface area contributed by atoms with Gasteiger partial charge in [-0.3, -0.25) is 4.79 Å². The van der Waals surface area contributed by atoms with E-state index in [4.69, 9.17) is 4.74 Å². The largest absolute Gasteiger partial charge is 0.383 e. The van der Waals surface area contributed by atoms with Crippen LogP contribution in [0.15, 0.2) is 23.7 Å². The van der Waals surface area contributed by atoms with E-state index >= 15 is 0 Å². The summed E-state index contributed by atoms with van der Waals surface area (Å²) >= 11 is 1.68. The molecule has 1 aliphatic heterocycles. The van der Waals surface area contributed by atoms with Crippen molar-refractivity contribution in [3.63, 3.8) is 0 Å². The van der Waals surface area contributed by atoms with Crippen LogP contribution in [0.4, 0.5) is 0 Å². The molecule has 1 saturated heterocycles. The molecule has 3 rings (SSSR count). The number of carbonyl (C=O) groups is 1. The van der Waals surface area contributed by atoms with Crippen LogP contribution in [0.1, 0.15) is 18.2 Å². The average Bonchev–Trinajstić information content (AvgIpc) is 3.16. The topological polar surface area (TPSA) is 58.2 Å². The van der Waals surface area contributed by atoms with Crippen molar-refractivity contribution in [3.05, 3.63) is 29.5 Å². The van der Waals surface area contributed by atoms with Gasteiger partial charge in [0, 0.05) is 32.5 Å². The third-order valence-electron chi connectivity index (χ3n) is 3.55. The number of thiophene rings is 1. The van der Waals surface area contributed by atoms with Gasteiger partial charge < -0.3 is 14.6 Å². The van der Waals surface area contributed by atoms with E-state index in [-0.39, 0.29) is 11.8 Å². The number of ether oxygens (including phenoxy) is 1. The van der Waals surface area contributed by atoms with Gasteiger partial charge in [-0.25, -0.2) is 4.98 Å². The number of aromatic nitrogens is 2. The van der Waals surface area contributed by atoms with Crippen molar-refractivity contribution in [2.45, 2.75) is 12.3 Å². The number of hydrogen-bond acceptors (Lipinski definition) is 4. The van der Waals surface area contributed by atoms with E-state index < -0.39 is 0 Å². The molecular formula is C14H17N3O2S. The maximum Gasteiger partial charge on any atom is 0.223 e. The lowest BCUT2D eigenvalue weighted by molar-refractivity contribution is -0.128. The fourth-order valence-electron chi connectivity index (χ4n) is 2.47. The van der Waals surface area contributed by atoms with Gasteiger partial charge in [0.25, 0.3) is 0 Å². The molecular weight excluding hydrogens is 274 g/mol. The van der Waals surface area contributed by atoms with Gasteiger partial charge in [0.15, 0.2) is 0 Å². The van der Waals surface area contributed by atoms with Crippen LogP contribution in [0.2, 0.25) is 0 Å². The summed E-state index contributed by atoms with van der Waals surface area (Å²) in [6.07, 6.45) is 2.38. The zero-order chi connectivity index (χ0) is 13.9. The maximum atomic E-state index is 11.9. The summed E-state index contributed by atoms with van der Waals surface area (Å²) in [5.41, 5.74) is 1.03. The molecule has 1 fully saturated rings. The molecule has 2 aromatic rings. The van der Waals surface area contributed by atoms with E-state index in [1.54, 1.807) is 18.4 Å². The molecule has 3 heterocycles. The smallest absolute Gasteiger partial charge is 0.223 e. The van der Waals surface area contributed by atoms with Gasteiger partial charge in [-0.15, -0.1) is 11.3 Å². The first kappa shape index (κ1) is 13.3. The van der Waals surface area contributed by atoms with Crippen LogP contribution < -0.4 is 0 Å². The number of H-pyrrole nitrogens is 1. The first-order valence-electron chi connectivity index (χ1n) is 6.63. The Morgan fingerprint density at radius 2 is 2.50 bits per heavy atom. The zero-order valence-electron chi connectivity index (χ0n) is 11.3. The second kappa shape index (κ2) is 5.76. The number of imidazole rings is 1. The summed E-state index contributed by atoms with van der Waals surface area (Å²) < 4.78 is 5.03. The molecule has 5 nitrogen and oxygen atoms in total. The van der Waals surface area contributed by atoms with Crippen LogP contribution in [0.3, 0.4) is 0 Å². The van der Waals surface area contributed by atoms with Crippen LogP contribution in [-0.4, -0.2) is 47.6 Å². The lowest BCUT2D eigenvalue weighted by atomic mass is 10.1. The van der Waals surface area contributed by atoms with E-state index in [1.807, 2.05) is 22.5 Å². The quantitative estimate of drug-likeness (QED) is 0.918. The predicted octanol–water partition coefficient (Wildman–Crippen LogP) is 2.10. The lowest BCUT2D eigenvalue weighted by Crippen LogP contribution is -2.28. The molecule has 0 aromatic carbocycles. The van der Waals surface area contributed by atoms with Crippen LogP contribution in [0.5, 0.6) is 0 Å². The monoisotopic (exact) mass is 291 g/mol. The van der Waals surface area contributed by atoms with E-state index in [1.165, 1.54) is 4.88 Å². The molecule has 1 atom stereocenters.